The van der Waals surface area contributed by atoms with Crippen LogP contribution >= 0.6 is 0 Å². The lowest BCUT2D eigenvalue weighted by Crippen LogP contribution is -2.37. The van der Waals surface area contributed by atoms with Gasteiger partial charge in [-0.1, -0.05) is 12.1 Å². The standard InChI is InChI=1S/C15H21N3O3/c1-21-12-6-4-11(5-7-12)13-3-2-9-18(13)10-8-14(19)17-15(16)20/h4-7,13H,2-3,8-10H2,1H3,(H3,16,17,19,20). The fraction of sp³-hybridized carbons (Fsp3) is 0.467. The monoisotopic (exact) mass is 291 g/mol. The van der Waals surface area contributed by atoms with E-state index >= 15 is 0 Å². The lowest BCUT2D eigenvalue weighted by Gasteiger charge is -2.24. The molecule has 0 aromatic heterocycles. The number of imide groups is 1. The van der Waals surface area contributed by atoms with Crippen molar-refractivity contribution in [3.63, 3.8) is 0 Å². The molecule has 1 aliphatic rings. The number of ether oxygens (including phenoxy) is 1. The zero-order valence-corrected chi connectivity index (χ0v) is 12.2. The van der Waals surface area contributed by atoms with Gasteiger partial charge in [0.25, 0.3) is 0 Å². The number of methoxy groups -OCH3 is 1. The summed E-state index contributed by atoms with van der Waals surface area (Å²) >= 11 is 0. The van der Waals surface area contributed by atoms with Gasteiger partial charge in [-0.3, -0.25) is 15.0 Å². The Morgan fingerprint density at radius 2 is 2.10 bits per heavy atom. The predicted molar refractivity (Wildman–Crippen MR) is 78.9 cm³/mol. The average molecular weight is 291 g/mol. The molecule has 0 bridgehead atoms. The smallest absolute Gasteiger partial charge is 0.318 e. The number of amides is 3. The molecule has 6 nitrogen and oxygen atoms in total. The Morgan fingerprint density at radius 1 is 1.38 bits per heavy atom. The van der Waals surface area contributed by atoms with E-state index in [4.69, 9.17) is 10.5 Å². The Hall–Kier alpha value is -2.08. The van der Waals surface area contributed by atoms with E-state index in [0.717, 1.165) is 25.1 Å². The average Bonchev–Trinajstić information content (AvgIpc) is 2.93. The Labute approximate surface area is 124 Å². The number of nitrogens with two attached hydrogens (primary N) is 1. The van der Waals surface area contributed by atoms with Crippen molar-refractivity contribution in [3.8, 4) is 5.75 Å². The second-order valence-electron chi connectivity index (χ2n) is 5.13. The van der Waals surface area contributed by atoms with Crippen LogP contribution < -0.4 is 15.8 Å². The lowest BCUT2D eigenvalue weighted by atomic mass is 10.0. The van der Waals surface area contributed by atoms with E-state index in [2.05, 4.69) is 22.3 Å². The van der Waals surface area contributed by atoms with Gasteiger partial charge < -0.3 is 10.5 Å². The molecular weight excluding hydrogens is 270 g/mol. The Morgan fingerprint density at radius 3 is 2.71 bits per heavy atom. The van der Waals surface area contributed by atoms with Gasteiger partial charge >= 0.3 is 6.03 Å². The molecule has 1 aliphatic heterocycles. The van der Waals surface area contributed by atoms with Gasteiger partial charge in [0.1, 0.15) is 5.75 Å². The molecule has 0 aliphatic carbocycles. The van der Waals surface area contributed by atoms with Crippen molar-refractivity contribution >= 4 is 11.9 Å². The fourth-order valence-electron chi connectivity index (χ4n) is 2.74. The van der Waals surface area contributed by atoms with E-state index in [1.54, 1.807) is 7.11 Å². The third-order valence-corrected chi connectivity index (χ3v) is 3.75. The van der Waals surface area contributed by atoms with Gasteiger partial charge in [0.15, 0.2) is 0 Å². The highest BCUT2D eigenvalue weighted by molar-refractivity contribution is 5.93. The van der Waals surface area contributed by atoms with Crippen molar-refractivity contribution in [2.24, 2.45) is 5.73 Å². The number of nitrogens with one attached hydrogen (secondary N) is 1. The number of nitrogens with zero attached hydrogens (tertiary/aromatic N) is 1. The molecule has 1 heterocycles. The number of hydrogen-bond donors (Lipinski definition) is 2. The van der Waals surface area contributed by atoms with Crippen LogP contribution in [-0.2, 0) is 4.79 Å². The summed E-state index contributed by atoms with van der Waals surface area (Å²) in [6.45, 7) is 1.58. The zero-order valence-electron chi connectivity index (χ0n) is 12.2. The maximum absolute atomic E-state index is 11.5. The van der Waals surface area contributed by atoms with Gasteiger partial charge in [0, 0.05) is 19.0 Å². The van der Waals surface area contributed by atoms with Crippen molar-refractivity contribution in [2.45, 2.75) is 25.3 Å². The summed E-state index contributed by atoms with van der Waals surface area (Å²) in [5, 5.41) is 2.09. The molecule has 1 fully saturated rings. The molecule has 1 aromatic rings. The van der Waals surface area contributed by atoms with E-state index in [1.807, 2.05) is 12.1 Å². The van der Waals surface area contributed by atoms with Crippen LogP contribution in [0.25, 0.3) is 0 Å². The molecule has 1 aromatic carbocycles. The van der Waals surface area contributed by atoms with Crippen molar-refractivity contribution in [3.05, 3.63) is 29.8 Å². The second kappa shape index (κ2) is 7.08. The molecule has 6 heteroatoms. The van der Waals surface area contributed by atoms with Crippen LogP contribution in [0.5, 0.6) is 5.75 Å². The summed E-state index contributed by atoms with van der Waals surface area (Å²) in [5.41, 5.74) is 6.15. The first-order valence-corrected chi connectivity index (χ1v) is 7.07. The normalized spacial score (nSPS) is 18.4. The number of hydrogen-bond acceptors (Lipinski definition) is 4. The van der Waals surface area contributed by atoms with Crippen molar-refractivity contribution in [1.29, 1.82) is 0 Å². The van der Waals surface area contributed by atoms with Gasteiger partial charge in [0.2, 0.25) is 5.91 Å². The summed E-state index contributed by atoms with van der Waals surface area (Å²) in [5.74, 6) is 0.506. The minimum atomic E-state index is -0.798. The third-order valence-electron chi connectivity index (χ3n) is 3.75. The van der Waals surface area contributed by atoms with Crippen LogP contribution in [-0.4, -0.2) is 37.0 Å². The summed E-state index contributed by atoms with van der Waals surface area (Å²) < 4.78 is 5.16. The fourth-order valence-corrected chi connectivity index (χ4v) is 2.74. The second-order valence-corrected chi connectivity index (χ2v) is 5.13. The van der Waals surface area contributed by atoms with E-state index in [1.165, 1.54) is 5.56 Å². The van der Waals surface area contributed by atoms with E-state index in [-0.39, 0.29) is 12.3 Å². The number of primary amides is 1. The first kappa shape index (κ1) is 15.3. The first-order valence-electron chi connectivity index (χ1n) is 7.07. The quantitative estimate of drug-likeness (QED) is 0.859. The molecule has 1 unspecified atom stereocenters. The van der Waals surface area contributed by atoms with Crippen LogP contribution in [0.3, 0.4) is 0 Å². The van der Waals surface area contributed by atoms with Gasteiger partial charge in [-0.25, -0.2) is 4.79 Å². The highest BCUT2D eigenvalue weighted by Crippen LogP contribution is 2.32. The summed E-state index contributed by atoms with van der Waals surface area (Å²) in [6, 6.07) is 7.54. The minimum absolute atomic E-state index is 0.273. The highest BCUT2D eigenvalue weighted by Gasteiger charge is 2.26. The third kappa shape index (κ3) is 4.19. The summed E-state index contributed by atoms with van der Waals surface area (Å²) in [7, 11) is 1.65. The number of carbonyl (C=O) groups excluding carboxylic acids is 2. The SMILES string of the molecule is COc1ccc(C2CCCN2CCC(=O)NC(N)=O)cc1. The topological polar surface area (TPSA) is 84.7 Å². The van der Waals surface area contributed by atoms with E-state index in [0.29, 0.717) is 12.6 Å². The molecule has 21 heavy (non-hydrogen) atoms. The highest BCUT2D eigenvalue weighted by atomic mass is 16.5. The van der Waals surface area contributed by atoms with Gasteiger partial charge in [-0.15, -0.1) is 0 Å². The molecule has 1 saturated heterocycles. The molecular formula is C15H21N3O3. The Kier molecular flexibility index (Phi) is 5.16. The van der Waals surface area contributed by atoms with Crippen LogP contribution in [0.2, 0.25) is 0 Å². The minimum Gasteiger partial charge on any atom is -0.497 e. The van der Waals surface area contributed by atoms with Gasteiger partial charge in [0.05, 0.1) is 7.11 Å². The van der Waals surface area contributed by atoms with Gasteiger partial charge in [-0.2, -0.15) is 0 Å². The molecule has 0 radical (unpaired) electrons. The molecule has 0 saturated carbocycles. The van der Waals surface area contributed by atoms with Crippen LogP contribution in [0, 0.1) is 0 Å². The number of benzene rings is 1. The molecule has 0 spiro atoms. The number of likely N-dealkylation sites (tertiary alicyclic amines) is 1. The van der Waals surface area contributed by atoms with E-state index in [9.17, 15) is 9.59 Å². The Bertz CT molecular complexity index is 501. The van der Waals surface area contributed by atoms with Crippen LogP contribution in [0.15, 0.2) is 24.3 Å². The molecule has 114 valence electrons. The number of carbonyl (C=O) groups is 2. The van der Waals surface area contributed by atoms with E-state index < -0.39 is 6.03 Å². The van der Waals surface area contributed by atoms with Crippen molar-refractivity contribution < 1.29 is 14.3 Å². The maximum Gasteiger partial charge on any atom is 0.318 e. The van der Waals surface area contributed by atoms with Crippen LogP contribution in [0.4, 0.5) is 4.79 Å². The zero-order chi connectivity index (χ0) is 15.2. The Balaban J connectivity index is 1.93. The molecule has 2 rings (SSSR count). The van der Waals surface area contributed by atoms with Crippen LogP contribution in [0.1, 0.15) is 30.9 Å². The lowest BCUT2D eigenvalue weighted by molar-refractivity contribution is -0.120. The first-order chi connectivity index (χ1) is 10.1. The van der Waals surface area contributed by atoms with Crippen molar-refractivity contribution in [1.82, 2.24) is 10.2 Å². The maximum atomic E-state index is 11.5. The largest absolute Gasteiger partial charge is 0.497 e. The number of rotatable bonds is 5. The molecule has 1 atom stereocenters. The van der Waals surface area contributed by atoms with Gasteiger partial charge in [-0.05, 0) is 37.1 Å². The molecule has 3 N–H and O–H groups in total. The number of urea groups is 1. The van der Waals surface area contributed by atoms with Crippen molar-refractivity contribution in [2.75, 3.05) is 20.2 Å². The molecule has 3 amide bonds. The summed E-state index contributed by atoms with van der Waals surface area (Å²) in [4.78, 5) is 24.4. The summed E-state index contributed by atoms with van der Waals surface area (Å²) in [6.07, 6.45) is 2.45. The predicted octanol–water partition coefficient (Wildman–Crippen LogP) is 1.42.